The molecule has 2 aromatic carbocycles. The van der Waals surface area contributed by atoms with Crippen LogP contribution < -0.4 is 5.32 Å². The van der Waals surface area contributed by atoms with Gasteiger partial charge in [-0.05, 0) is 17.7 Å². The first-order chi connectivity index (χ1) is 11.7. The first-order valence-corrected chi connectivity index (χ1v) is 8.10. The SMILES string of the molecule is O=C(N[C@@H]1CN(Cc2ccccc2)C[C@H]1CO)c1ccccc1F. The number of aliphatic hydroxyl groups excluding tert-OH is 1. The third-order valence-corrected chi connectivity index (χ3v) is 4.44. The maximum absolute atomic E-state index is 13.7. The number of amides is 1. The average Bonchev–Trinajstić information content (AvgIpc) is 2.97. The smallest absolute Gasteiger partial charge is 0.254 e. The Hall–Kier alpha value is -2.24. The summed E-state index contributed by atoms with van der Waals surface area (Å²) in [6, 6.07) is 15.8. The van der Waals surface area contributed by atoms with Crippen molar-refractivity contribution in [3.05, 3.63) is 71.5 Å². The molecular weight excluding hydrogens is 307 g/mol. The summed E-state index contributed by atoms with van der Waals surface area (Å²) < 4.78 is 13.7. The van der Waals surface area contributed by atoms with Crippen LogP contribution in [0.3, 0.4) is 0 Å². The Morgan fingerprint density at radius 2 is 1.83 bits per heavy atom. The Morgan fingerprint density at radius 1 is 1.12 bits per heavy atom. The van der Waals surface area contributed by atoms with Crippen molar-refractivity contribution in [2.75, 3.05) is 19.7 Å². The van der Waals surface area contributed by atoms with Gasteiger partial charge in [0.05, 0.1) is 5.56 Å². The number of rotatable bonds is 5. The lowest BCUT2D eigenvalue weighted by Crippen LogP contribution is -2.41. The van der Waals surface area contributed by atoms with Gasteiger partial charge in [0.15, 0.2) is 0 Å². The van der Waals surface area contributed by atoms with E-state index in [1.54, 1.807) is 12.1 Å². The van der Waals surface area contributed by atoms with E-state index >= 15 is 0 Å². The van der Waals surface area contributed by atoms with Crippen molar-refractivity contribution in [3.63, 3.8) is 0 Å². The largest absolute Gasteiger partial charge is 0.396 e. The van der Waals surface area contributed by atoms with Crippen molar-refractivity contribution in [1.29, 1.82) is 0 Å². The van der Waals surface area contributed by atoms with Gasteiger partial charge in [-0.25, -0.2) is 4.39 Å². The summed E-state index contributed by atoms with van der Waals surface area (Å²) in [5.41, 5.74) is 1.23. The summed E-state index contributed by atoms with van der Waals surface area (Å²) in [5.74, 6) is -1.02. The Kier molecular flexibility index (Phi) is 5.23. The molecule has 1 saturated heterocycles. The van der Waals surface area contributed by atoms with Crippen LogP contribution in [0.15, 0.2) is 54.6 Å². The minimum absolute atomic E-state index is 0.00644. The van der Waals surface area contributed by atoms with Crippen molar-refractivity contribution in [2.24, 2.45) is 5.92 Å². The monoisotopic (exact) mass is 328 g/mol. The molecule has 126 valence electrons. The van der Waals surface area contributed by atoms with E-state index in [9.17, 15) is 14.3 Å². The topological polar surface area (TPSA) is 52.6 Å². The zero-order valence-corrected chi connectivity index (χ0v) is 13.4. The van der Waals surface area contributed by atoms with E-state index in [0.29, 0.717) is 13.1 Å². The van der Waals surface area contributed by atoms with E-state index in [-0.39, 0.29) is 24.1 Å². The normalized spacial score (nSPS) is 20.9. The Bertz CT molecular complexity index is 693. The lowest BCUT2D eigenvalue weighted by atomic mass is 10.0. The van der Waals surface area contributed by atoms with E-state index < -0.39 is 11.7 Å². The Balaban J connectivity index is 1.65. The molecule has 0 unspecified atom stereocenters. The van der Waals surface area contributed by atoms with Gasteiger partial charge >= 0.3 is 0 Å². The molecule has 1 aliphatic heterocycles. The van der Waals surface area contributed by atoms with Gasteiger partial charge in [-0.1, -0.05) is 42.5 Å². The van der Waals surface area contributed by atoms with Gasteiger partial charge in [0, 0.05) is 38.2 Å². The van der Waals surface area contributed by atoms with Crippen LogP contribution in [0, 0.1) is 11.7 Å². The second kappa shape index (κ2) is 7.55. The lowest BCUT2D eigenvalue weighted by molar-refractivity contribution is 0.0917. The molecule has 2 N–H and O–H groups in total. The third-order valence-electron chi connectivity index (χ3n) is 4.44. The van der Waals surface area contributed by atoms with Crippen LogP contribution >= 0.6 is 0 Å². The van der Waals surface area contributed by atoms with Gasteiger partial charge in [-0.2, -0.15) is 0 Å². The summed E-state index contributed by atoms with van der Waals surface area (Å²) in [4.78, 5) is 14.5. The highest BCUT2D eigenvalue weighted by Crippen LogP contribution is 2.20. The molecule has 1 fully saturated rings. The maximum atomic E-state index is 13.7. The summed E-state index contributed by atoms with van der Waals surface area (Å²) in [7, 11) is 0. The van der Waals surface area contributed by atoms with E-state index in [2.05, 4.69) is 22.3 Å². The fourth-order valence-corrected chi connectivity index (χ4v) is 3.17. The molecule has 0 aliphatic carbocycles. The van der Waals surface area contributed by atoms with E-state index in [1.807, 2.05) is 18.2 Å². The highest BCUT2D eigenvalue weighted by molar-refractivity contribution is 5.94. The van der Waals surface area contributed by atoms with Crippen molar-refractivity contribution in [2.45, 2.75) is 12.6 Å². The number of carbonyl (C=O) groups excluding carboxylic acids is 1. The predicted molar refractivity (Wildman–Crippen MR) is 89.9 cm³/mol. The standard InChI is InChI=1S/C19H21FN2O2/c20-17-9-5-4-8-16(17)19(24)21-18-12-22(11-15(18)13-23)10-14-6-2-1-3-7-14/h1-9,15,18,23H,10-13H2,(H,21,24)/t15-,18+/m0/s1. The maximum Gasteiger partial charge on any atom is 0.254 e. The molecule has 2 aromatic rings. The number of nitrogens with one attached hydrogen (secondary N) is 1. The molecule has 1 amide bonds. The fraction of sp³-hybridized carbons (Fsp3) is 0.316. The molecule has 24 heavy (non-hydrogen) atoms. The molecule has 0 saturated carbocycles. The van der Waals surface area contributed by atoms with Crippen LogP contribution in [0.2, 0.25) is 0 Å². The van der Waals surface area contributed by atoms with E-state index in [1.165, 1.54) is 17.7 Å². The predicted octanol–water partition coefficient (Wildman–Crippen LogP) is 2.05. The number of likely N-dealkylation sites (tertiary alicyclic amines) is 1. The quantitative estimate of drug-likeness (QED) is 0.883. The van der Waals surface area contributed by atoms with Crippen molar-refractivity contribution >= 4 is 5.91 Å². The van der Waals surface area contributed by atoms with Crippen LogP contribution in [0.25, 0.3) is 0 Å². The molecule has 1 aliphatic rings. The van der Waals surface area contributed by atoms with Crippen LogP contribution in [0.4, 0.5) is 4.39 Å². The van der Waals surface area contributed by atoms with E-state index in [4.69, 9.17) is 0 Å². The molecule has 0 aromatic heterocycles. The zero-order valence-electron chi connectivity index (χ0n) is 13.4. The van der Waals surface area contributed by atoms with Gasteiger partial charge in [-0.15, -0.1) is 0 Å². The number of halogens is 1. The minimum atomic E-state index is -0.533. The molecule has 2 atom stereocenters. The molecule has 3 rings (SSSR count). The van der Waals surface area contributed by atoms with Gasteiger partial charge in [0.2, 0.25) is 0 Å². The van der Waals surface area contributed by atoms with Gasteiger partial charge in [0.1, 0.15) is 5.82 Å². The van der Waals surface area contributed by atoms with Gasteiger partial charge in [0.25, 0.3) is 5.91 Å². The minimum Gasteiger partial charge on any atom is -0.396 e. The number of hydrogen-bond acceptors (Lipinski definition) is 3. The van der Waals surface area contributed by atoms with Crippen LogP contribution in [-0.4, -0.2) is 41.7 Å². The van der Waals surface area contributed by atoms with Crippen molar-refractivity contribution in [3.8, 4) is 0 Å². The van der Waals surface area contributed by atoms with Gasteiger partial charge in [-0.3, -0.25) is 9.69 Å². The second-order valence-corrected chi connectivity index (χ2v) is 6.18. The first kappa shape index (κ1) is 16.6. The summed E-state index contributed by atoms with van der Waals surface area (Å²) in [6.07, 6.45) is 0. The molecule has 0 bridgehead atoms. The molecule has 1 heterocycles. The number of hydrogen-bond donors (Lipinski definition) is 2. The number of nitrogens with zero attached hydrogens (tertiary/aromatic N) is 1. The number of carbonyl (C=O) groups is 1. The third kappa shape index (κ3) is 3.80. The molecular formula is C19H21FN2O2. The summed E-state index contributed by atoms with van der Waals surface area (Å²) in [5, 5.41) is 12.5. The first-order valence-electron chi connectivity index (χ1n) is 8.10. The van der Waals surface area contributed by atoms with Gasteiger partial charge < -0.3 is 10.4 Å². The highest BCUT2D eigenvalue weighted by atomic mass is 19.1. The zero-order chi connectivity index (χ0) is 16.9. The van der Waals surface area contributed by atoms with Crippen LogP contribution in [-0.2, 0) is 6.54 Å². The van der Waals surface area contributed by atoms with E-state index in [0.717, 1.165) is 6.54 Å². The molecule has 4 nitrogen and oxygen atoms in total. The van der Waals surface area contributed by atoms with Crippen molar-refractivity contribution < 1.29 is 14.3 Å². The molecule has 0 spiro atoms. The fourth-order valence-electron chi connectivity index (χ4n) is 3.17. The highest BCUT2D eigenvalue weighted by Gasteiger charge is 2.33. The number of benzene rings is 2. The number of aliphatic hydroxyl groups is 1. The molecule has 5 heteroatoms. The summed E-state index contributed by atoms with van der Waals surface area (Å²) in [6.45, 7) is 2.10. The average molecular weight is 328 g/mol. The Morgan fingerprint density at radius 3 is 2.54 bits per heavy atom. The summed E-state index contributed by atoms with van der Waals surface area (Å²) >= 11 is 0. The van der Waals surface area contributed by atoms with Crippen molar-refractivity contribution in [1.82, 2.24) is 10.2 Å². The Labute approximate surface area is 140 Å². The van der Waals surface area contributed by atoms with Crippen LogP contribution in [0.1, 0.15) is 15.9 Å². The van der Waals surface area contributed by atoms with Crippen LogP contribution in [0.5, 0.6) is 0 Å². The molecule has 0 radical (unpaired) electrons. The second-order valence-electron chi connectivity index (χ2n) is 6.18. The lowest BCUT2D eigenvalue weighted by Gasteiger charge is -2.18.